The van der Waals surface area contributed by atoms with Crippen LogP contribution in [0.25, 0.3) is 21.0 Å². The van der Waals surface area contributed by atoms with E-state index in [-0.39, 0.29) is 12.5 Å². The molecule has 0 spiro atoms. The van der Waals surface area contributed by atoms with E-state index in [2.05, 4.69) is 15.4 Å². The fraction of sp³-hybridized carbons (Fsp3) is 0.167. The summed E-state index contributed by atoms with van der Waals surface area (Å²) in [6.45, 7) is 2.01. The highest BCUT2D eigenvalue weighted by atomic mass is 35.5. The van der Waals surface area contributed by atoms with Crippen molar-refractivity contribution in [3.8, 4) is 10.8 Å². The molecule has 8 heteroatoms. The molecule has 1 amide bonds. The summed E-state index contributed by atoms with van der Waals surface area (Å²) < 4.78 is 8.41. The van der Waals surface area contributed by atoms with Gasteiger partial charge in [-0.15, -0.1) is 11.3 Å². The summed E-state index contributed by atoms with van der Waals surface area (Å²) in [4.78, 5) is 16.9. The number of nitrogens with one attached hydrogen (secondary N) is 1. The van der Waals surface area contributed by atoms with Crippen LogP contribution >= 0.6 is 22.9 Å². The van der Waals surface area contributed by atoms with Gasteiger partial charge in [-0.05, 0) is 31.2 Å². The minimum Gasteiger partial charge on any atom is -0.457 e. The van der Waals surface area contributed by atoms with Crippen LogP contribution in [-0.4, -0.2) is 20.7 Å². The number of fused-ring (bicyclic) bond motifs is 1. The van der Waals surface area contributed by atoms with Crippen LogP contribution in [0.1, 0.15) is 21.8 Å². The fourth-order valence-electron chi connectivity index (χ4n) is 2.71. The molecule has 0 aliphatic rings. The number of aryl methyl sites for hydroxylation is 2. The average molecular weight is 387 g/mol. The van der Waals surface area contributed by atoms with Crippen LogP contribution in [-0.2, 0) is 13.6 Å². The molecule has 3 aromatic heterocycles. The van der Waals surface area contributed by atoms with Crippen LogP contribution in [0.5, 0.6) is 0 Å². The number of carbonyl (C=O) groups is 1. The summed E-state index contributed by atoms with van der Waals surface area (Å²) in [5.41, 5.74) is 1.91. The number of aromatic nitrogens is 3. The molecule has 132 valence electrons. The van der Waals surface area contributed by atoms with Crippen LogP contribution in [0.4, 0.5) is 0 Å². The third kappa shape index (κ3) is 3.00. The molecule has 0 aliphatic heterocycles. The lowest BCUT2D eigenvalue weighted by molar-refractivity contribution is 0.0947. The molecule has 0 aliphatic carbocycles. The van der Waals surface area contributed by atoms with Gasteiger partial charge in [0.05, 0.1) is 28.0 Å². The largest absolute Gasteiger partial charge is 0.457 e. The summed E-state index contributed by atoms with van der Waals surface area (Å²) in [5, 5.41) is 8.09. The van der Waals surface area contributed by atoms with Crippen molar-refractivity contribution in [2.75, 3.05) is 0 Å². The number of amides is 1. The molecule has 0 radical (unpaired) electrons. The van der Waals surface area contributed by atoms with E-state index in [1.807, 2.05) is 36.4 Å². The van der Waals surface area contributed by atoms with E-state index >= 15 is 0 Å². The Hall–Kier alpha value is -2.64. The zero-order valence-corrected chi connectivity index (χ0v) is 15.7. The van der Waals surface area contributed by atoms with Crippen LogP contribution in [0.15, 0.2) is 40.8 Å². The Balaban J connectivity index is 1.49. The summed E-state index contributed by atoms with van der Waals surface area (Å²) in [7, 11) is 1.70. The van der Waals surface area contributed by atoms with Crippen LogP contribution in [0, 0.1) is 6.92 Å². The van der Waals surface area contributed by atoms with Gasteiger partial charge in [-0.25, -0.2) is 4.98 Å². The number of nitrogens with zero attached hydrogens (tertiary/aromatic N) is 3. The van der Waals surface area contributed by atoms with Crippen molar-refractivity contribution < 1.29 is 9.21 Å². The van der Waals surface area contributed by atoms with Crippen molar-refractivity contribution in [3.63, 3.8) is 0 Å². The van der Waals surface area contributed by atoms with E-state index in [4.69, 9.17) is 16.0 Å². The molecule has 1 N–H and O–H groups in total. The molecular formula is C18H15ClN4O2S. The Labute approximate surface area is 158 Å². The molecule has 0 atom stereocenters. The monoisotopic (exact) mass is 386 g/mol. The maximum atomic E-state index is 12.4. The summed E-state index contributed by atoms with van der Waals surface area (Å²) in [6.07, 6.45) is 0. The molecule has 6 nitrogen and oxygen atoms in total. The number of hydrogen-bond donors (Lipinski definition) is 1. The number of para-hydroxylation sites is 1. The van der Waals surface area contributed by atoms with Crippen molar-refractivity contribution in [1.82, 2.24) is 20.1 Å². The van der Waals surface area contributed by atoms with Gasteiger partial charge in [-0.3, -0.25) is 9.48 Å². The van der Waals surface area contributed by atoms with Gasteiger partial charge in [-0.2, -0.15) is 5.10 Å². The van der Waals surface area contributed by atoms with Gasteiger partial charge in [0.25, 0.3) is 5.91 Å². The minimum absolute atomic E-state index is 0.258. The lowest BCUT2D eigenvalue weighted by Crippen LogP contribution is -2.23. The molecule has 4 aromatic rings. The van der Waals surface area contributed by atoms with Gasteiger partial charge in [0.15, 0.2) is 10.8 Å². The predicted molar refractivity (Wildman–Crippen MR) is 101 cm³/mol. The number of hydrogen-bond acceptors (Lipinski definition) is 5. The Morgan fingerprint density at radius 3 is 2.85 bits per heavy atom. The Bertz CT molecular complexity index is 1080. The third-order valence-electron chi connectivity index (χ3n) is 3.97. The molecule has 0 unspecified atom stereocenters. The van der Waals surface area contributed by atoms with Crippen LogP contribution < -0.4 is 5.32 Å². The number of furan rings is 1. The topological polar surface area (TPSA) is 73.0 Å². The van der Waals surface area contributed by atoms with Crippen molar-refractivity contribution in [2.45, 2.75) is 13.5 Å². The van der Waals surface area contributed by atoms with Crippen molar-refractivity contribution in [1.29, 1.82) is 0 Å². The van der Waals surface area contributed by atoms with Crippen molar-refractivity contribution in [2.24, 2.45) is 7.05 Å². The Kier molecular flexibility index (Phi) is 4.26. The number of rotatable bonds is 4. The standard InChI is InChI=1S/C18H15ClN4O2S/c1-10-15(16(19)23(2)22-10)17(24)20-9-11-7-8-13(25-11)18-21-12-5-3-4-6-14(12)26-18/h3-8H,9H2,1-2H3,(H,20,24). The van der Waals surface area contributed by atoms with Gasteiger partial charge < -0.3 is 9.73 Å². The SMILES string of the molecule is Cc1nn(C)c(Cl)c1C(=O)NCc1ccc(-c2nc3ccccc3s2)o1. The maximum absolute atomic E-state index is 12.4. The average Bonchev–Trinajstić information content (AvgIpc) is 3.31. The van der Waals surface area contributed by atoms with E-state index in [9.17, 15) is 4.79 Å². The molecule has 3 heterocycles. The molecule has 0 saturated heterocycles. The molecular weight excluding hydrogens is 372 g/mol. The highest BCUT2D eigenvalue weighted by Gasteiger charge is 2.19. The molecule has 26 heavy (non-hydrogen) atoms. The van der Waals surface area contributed by atoms with E-state index in [1.54, 1.807) is 25.3 Å². The van der Waals surface area contributed by atoms with Gasteiger partial charge in [-0.1, -0.05) is 23.7 Å². The minimum atomic E-state index is -0.279. The molecule has 0 fully saturated rings. The second-order valence-electron chi connectivity index (χ2n) is 5.81. The first-order valence-electron chi connectivity index (χ1n) is 7.95. The highest BCUT2D eigenvalue weighted by Crippen LogP contribution is 2.31. The lowest BCUT2D eigenvalue weighted by atomic mass is 10.2. The van der Waals surface area contributed by atoms with E-state index in [0.717, 1.165) is 15.2 Å². The van der Waals surface area contributed by atoms with Crippen LogP contribution in [0.2, 0.25) is 5.15 Å². The van der Waals surface area contributed by atoms with Crippen molar-refractivity contribution in [3.05, 3.63) is 58.6 Å². The molecule has 0 saturated carbocycles. The summed E-state index contributed by atoms with van der Waals surface area (Å²) in [5.74, 6) is 1.05. The normalized spacial score (nSPS) is 11.2. The first-order valence-corrected chi connectivity index (χ1v) is 9.14. The Morgan fingerprint density at radius 2 is 2.12 bits per heavy atom. The number of benzene rings is 1. The van der Waals surface area contributed by atoms with E-state index in [0.29, 0.717) is 27.9 Å². The first kappa shape index (κ1) is 16.8. The third-order valence-corrected chi connectivity index (χ3v) is 5.45. The zero-order valence-electron chi connectivity index (χ0n) is 14.1. The van der Waals surface area contributed by atoms with Gasteiger partial charge in [0.2, 0.25) is 0 Å². The second kappa shape index (κ2) is 6.59. The maximum Gasteiger partial charge on any atom is 0.256 e. The smallest absolute Gasteiger partial charge is 0.256 e. The van der Waals surface area contributed by atoms with E-state index < -0.39 is 0 Å². The predicted octanol–water partition coefficient (Wildman–Crippen LogP) is 4.18. The fourth-order valence-corrected chi connectivity index (χ4v) is 3.90. The van der Waals surface area contributed by atoms with Gasteiger partial charge in [0, 0.05) is 7.05 Å². The second-order valence-corrected chi connectivity index (χ2v) is 7.20. The van der Waals surface area contributed by atoms with Crippen molar-refractivity contribution >= 4 is 39.1 Å². The van der Waals surface area contributed by atoms with Crippen LogP contribution in [0.3, 0.4) is 0 Å². The quantitative estimate of drug-likeness (QED) is 0.571. The molecule has 1 aromatic carbocycles. The number of halogens is 1. The number of carbonyl (C=O) groups excluding carboxylic acids is 1. The highest BCUT2D eigenvalue weighted by molar-refractivity contribution is 7.21. The van der Waals surface area contributed by atoms with Gasteiger partial charge >= 0.3 is 0 Å². The lowest BCUT2D eigenvalue weighted by Gasteiger charge is -2.03. The summed E-state index contributed by atoms with van der Waals surface area (Å²) in [6, 6.07) is 11.6. The Morgan fingerprint density at radius 1 is 1.31 bits per heavy atom. The molecule has 0 bridgehead atoms. The van der Waals surface area contributed by atoms with Gasteiger partial charge in [0.1, 0.15) is 10.9 Å². The zero-order chi connectivity index (χ0) is 18.3. The summed E-state index contributed by atoms with van der Waals surface area (Å²) >= 11 is 7.69. The molecule has 4 rings (SSSR count). The first-order chi connectivity index (χ1) is 12.5. The number of thiazole rings is 1. The van der Waals surface area contributed by atoms with E-state index in [1.165, 1.54) is 4.68 Å².